The van der Waals surface area contributed by atoms with Gasteiger partial charge in [0, 0.05) is 12.4 Å². The third-order valence-corrected chi connectivity index (χ3v) is 2.95. The van der Waals surface area contributed by atoms with Gasteiger partial charge in [-0.05, 0) is 24.3 Å². The van der Waals surface area contributed by atoms with E-state index < -0.39 is 5.91 Å². The molecule has 2 aromatic heterocycles. The molecule has 0 N–H and O–H groups in total. The van der Waals surface area contributed by atoms with Crippen molar-refractivity contribution in [3.05, 3.63) is 48.0 Å². The molecule has 0 saturated carbocycles. The highest BCUT2D eigenvalue weighted by Crippen LogP contribution is 2.33. The van der Waals surface area contributed by atoms with Crippen LogP contribution in [0.15, 0.2) is 46.6 Å². The number of hydrogen-bond donors (Lipinski definition) is 0. The molecule has 0 saturated heterocycles. The van der Waals surface area contributed by atoms with Gasteiger partial charge in [0.1, 0.15) is 0 Å². The molecule has 2 aliphatic heterocycles. The highest BCUT2D eigenvalue weighted by molar-refractivity contribution is 5.84. The molecule has 4 rings (SSSR count). The zero-order valence-electron chi connectivity index (χ0n) is 7.91. The molecule has 0 radical (unpaired) electrons. The van der Waals surface area contributed by atoms with E-state index >= 15 is 0 Å². The maximum atomic E-state index is 4.51. The van der Waals surface area contributed by atoms with Crippen LogP contribution in [-0.2, 0) is 5.91 Å². The van der Waals surface area contributed by atoms with Crippen molar-refractivity contribution in [2.45, 2.75) is 5.91 Å². The highest BCUT2D eigenvalue weighted by Gasteiger charge is 2.40. The zero-order chi connectivity index (χ0) is 9.88. The van der Waals surface area contributed by atoms with E-state index in [0.29, 0.717) is 0 Å². The van der Waals surface area contributed by atoms with E-state index in [4.69, 9.17) is 0 Å². The van der Waals surface area contributed by atoms with Crippen LogP contribution in [0.25, 0.3) is 0 Å². The lowest BCUT2D eigenvalue weighted by Gasteiger charge is -2.23. The average Bonchev–Trinajstić information content (AvgIpc) is 2.95. The number of aromatic nitrogens is 2. The van der Waals surface area contributed by atoms with Crippen LogP contribution in [0, 0.1) is 0 Å². The molecule has 4 heteroatoms. The number of rotatable bonds is 0. The van der Waals surface area contributed by atoms with Gasteiger partial charge in [0.15, 0.2) is 0 Å². The fourth-order valence-corrected chi connectivity index (χ4v) is 2.25. The summed E-state index contributed by atoms with van der Waals surface area (Å²) in [5.74, 6) is -0.613. The van der Waals surface area contributed by atoms with Crippen LogP contribution in [0.1, 0.15) is 11.4 Å². The van der Waals surface area contributed by atoms with E-state index in [2.05, 4.69) is 19.1 Å². The predicted molar refractivity (Wildman–Crippen MR) is 57.4 cm³/mol. The summed E-state index contributed by atoms with van der Waals surface area (Å²) in [7, 11) is 0. The number of aliphatic imine (C=N–C) groups is 2. The fraction of sp³-hybridized carbons (Fsp3) is 0.0909. The van der Waals surface area contributed by atoms with Gasteiger partial charge in [-0.25, -0.2) is 9.98 Å². The van der Waals surface area contributed by atoms with Crippen molar-refractivity contribution >= 4 is 12.4 Å². The Balaban J connectivity index is 2.08. The SMILES string of the molecule is C1=NC2(N=Cc3cccn32)n2cccc21. The zero-order valence-corrected chi connectivity index (χ0v) is 7.91. The Morgan fingerprint density at radius 1 is 0.867 bits per heavy atom. The van der Waals surface area contributed by atoms with Crippen molar-refractivity contribution in [3.63, 3.8) is 0 Å². The second kappa shape index (κ2) is 2.11. The molecular weight excluding hydrogens is 188 g/mol. The summed E-state index contributed by atoms with van der Waals surface area (Å²) in [4.78, 5) is 9.02. The summed E-state index contributed by atoms with van der Waals surface area (Å²) in [5, 5.41) is 0. The van der Waals surface area contributed by atoms with E-state index in [-0.39, 0.29) is 0 Å². The maximum Gasteiger partial charge on any atom is 0.321 e. The number of nitrogens with zero attached hydrogens (tertiary/aromatic N) is 4. The summed E-state index contributed by atoms with van der Waals surface area (Å²) < 4.78 is 4.14. The summed E-state index contributed by atoms with van der Waals surface area (Å²) in [6.07, 6.45) is 7.75. The third kappa shape index (κ3) is 0.664. The van der Waals surface area contributed by atoms with Gasteiger partial charge in [-0.15, -0.1) is 0 Å². The minimum Gasteiger partial charge on any atom is -0.285 e. The first-order valence-electron chi connectivity index (χ1n) is 4.86. The Morgan fingerprint density at radius 2 is 1.40 bits per heavy atom. The summed E-state index contributed by atoms with van der Waals surface area (Å²) in [5.41, 5.74) is 2.18. The van der Waals surface area contributed by atoms with E-state index in [1.807, 2.05) is 49.1 Å². The number of fused-ring (bicyclic) bond motifs is 4. The van der Waals surface area contributed by atoms with Crippen molar-refractivity contribution in [3.8, 4) is 0 Å². The normalized spacial score (nSPS) is 18.7. The Morgan fingerprint density at radius 3 is 1.93 bits per heavy atom. The minimum absolute atomic E-state index is 0.613. The molecule has 0 atom stereocenters. The summed E-state index contributed by atoms with van der Waals surface area (Å²) in [6.45, 7) is 0. The van der Waals surface area contributed by atoms with Gasteiger partial charge in [0.05, 0.1) is 23.8 Å². The molecule has 0 unspecified atom stereocenters. The van der Waals surface area contributed by atoms with Gasteiger partial charge in [0.25, 0.3) is 0 Å². The molecule has 0 fully saturated rings. The first kappa shape index (κ1) is 7.23. The second-order valence-electron chi connectivity index (χ2n) is 3.72. The molecule has 0 bridgehead atoms. The standard InChI is InChI=1S/C11H8N4/c1-3-9-7-12-11(14(9)5-1)13-8-10-4-2-6-15(10)11/h1-8H. The molecular formula is C11H8N4. The maximum absolute atomic E-state index is 4.51. The molecule has 1 spiro atoms. The molecule has 0 aliphatic carbocycles. The average molecular weight is 196 g/mol. The smallest absolute Gasteiger partial charge is 0.285 e. The molecule has 0 amide bonds. The van der Waals surface area contributed by atoms with Crippen molar-refractivity contribution < 1.29 is 0 Å². The Hall–Kier alpha value is -2.10. The van der Waals surface area contributed by atoms with Gasteiger partial charge in [-0.2, -0.15) is 0 Å². The first-order valence-corrected chi connectivity index (χ1v) is 4.86. The summed E-state index contributed by atoms with van der Waals surface area (Å²) in [6, 6.07) is 8.10. The van der Waals surface area contributed by atoms with E-state index in [1.54, 1.807) is 0 Å². The molecule has 4 nitrogen and oxygen atoms in total. The van der Waals surface area contributed by atoms with Gasteiger partial charge in [-0.3, -0.25) is 9.13 Å². The van der Waals surface area contributed by atoms with E-state index in [1.165, 1.54) is 0 Å². The molecule has 15 heavy (non-hydrogen) atoms. The van der Waals surface area contributed by atoms with Crippen LogP contribution in [-0.4, -0.2) is 21.6 Å². The monoisotopic (exact) mass is 196 g/mol. The van der Waals surface area contributed by atoms with Crippen molar-refractivity contribution in [1.29, 1.82) is 0 Å². The fourth-order valence-electron chi connectivity index (χ4n) is 2.25. The van der Waals surface area contributed by atoms with Gasteiger partial charge in [-0.1, -0.05) is 0 Å². The molecule has 72 valence electrons. The first-order chi connectivity index (χ1) is 7.40. The van der Waals surface area contributed by atoms with Crippen LogP contribution < -0.4 is 0 Å². The van der Waals surface area contributed by atoms with E-state index in [0.717, 1.165) is 11.4 Å². The van der Waals surface area contributed by atoms with Crippen LogP contribution in [0.2, 0.25) is 0 Å². The third-order valence-electron chi connectivity index (χ3n) is 2.95. The van der Waals surface area contributed by atoms with Gasteiger partial charge in [0.2, 0.25) is 0 Å². The van der Waals surface area contributed by atoms with Crippen molar-refractivity contribution in [2.75, 3.05) is 0 Å². The van der Waals surface area contributed by atoms with Crippen molar-refractivity contribution in [1.82, 2.24) is 9.13 Å². The number of hydrogen-bond acceptors (Lipinski definition) is 2. The van der Waals surface area contributed by atoms with Crippen LogP contribution >= 0.6 is 0 Å². The van der Waals surface area contributed by atoms with Gasteiger partial charge < -0.3 is 0 Å². The molecule has 4 heterocycles. The van der Waals surface area contributed by atoms with Crippen LogP contribution in [0.4, 0.5) is 0 Å². The van der Waals surface area contributed by atoms with Crippen LogP contribution in [0.5, 0.6) is 0 Å². The quantitative estimate of drug-likeness (QED) is 0.608. The van der Waals surface area contributed by atoms with Gasteiger partial charge >= 0.3 is 5.91 Å². The van der Waals surface area contributed by atoms with Crippen LogP contribution in [0.3, 0.4) is 0 Å². The minimum atomic E-state index is -0.613. The lowest BCUT2D eigenvalue weighted by atomic mass is 10.5. The lowest BCUT2D eigenvalue weighted by Crippen LogP contribution is -2.32. The topological polar surface area (TPSA) is 34.6 Å². The predicted octanol–water partition coefficient (Wildman–Crippen LogP) is 1.27. The second-order valence-corrected chi connectivity index (χ2v) is 3.72. The Labute approximate surface area is 86.2 Å². The Kier molecular flexibility index (Phi) is 1.02. The molecule has 2 aliphatic rings. The van der Waals surface area contributed by atoms with E-state index in [9.17, 15) is 0 Å². The molecule has 0 aromatic carbocycles. The molecule has 2 aromatic rings. The Bertz CT molecular complexity index is 545. The highest BCUT2D eigenvalue weighted by atomic mass is 15.5. The summed E-state index contributed by atoms with van der Waals surface area (Å²) >= 11 is 0. The largest absolute Gasteiger partial charge is 0.321 e. The van der Waals surface area contributed by atoms with Crippen molar-refractivity contribution in [2.24, 2.45) is 9.98 Å². The lowest BCUT2D eigenvalue weighted by molar-refractivity contribution is 0.280.